The van der Waals surface area contributed by atoms with Gasteiger partial charge in [-0.25, -0.2) is 0 Å². The molecule has 0 saturated carbocycles. The Morgan fingerprint density at radius 2 is 2.06 bits per heavy atom. The Morgan fingerprint density at radius 1 is 1.31 bits per heavy atom. The number of hydrogen-bond donors (Lipinski definition) is 1. The van der Waals surface area contributed by atoms with Crippen molar-refractivity contribution in [2.45, 2.75) is 39.5 Å². The van der Waals surface area contributed by atoms with Crippen LogP contribution in [0.3, 0.4) is 0 Å². The van der Waals surface area contributed by atoms with Crippen LogP contribution in [0.1, 0.15) is 39.5 Å². The van der Waals surface area contributed by atoms with E-state index in [0.717, 1.165) is 25.1 Å². The van der Waals surface area contributed by atoms with E-state index in [-0.39, 0.29) is 0 Å². The van der Waals surface area contributed by atoms with Crippen molar-refractivity contribution < 1.29 is 0 Å². The van der Waals surface area contributed by atoms with Crippen LogP contribution in [-0.2, 0) is 0 Å². The van der Waals surface area contributed by atoms with Gasteiger partial charge in [0.15, 0.2) is 0 Å². The summed E-state index contributed by atoms with van der Waals surface area (Å²) in [5.74, 6) is 0. The van der Waals surface area contributed by atoms with Gasteiger partial charge >= 0.3 is 0 Å². The maximum absolute atomic E-state index is 3.83. The van der Waals surface area contributed by atoms with Gasteiger partial charge < -0.3 is 5.32 Å². The first-order valence-electron chi connectivity index (χ1n) is 6.05. The summed E-state index contributed by atoms with van der Waals surface area (Å²) in [5.41, 5.74) is 2.58. The van der Waals surface area contributed by atoms with Crippen molar-refractivity contribution in [1.82, 2.24) is 5.32 Å². The van der Waals surface area contributed by atoms with Gasteiger partial charge in [-0.05, 0) is 26.2 Å². The highest BCUT2D eigenvalue weighted by molar-refractivity contribution is 5.08. The second-order valence-electron chi connectivity index (χ2n) is 3.97. The fourth-order valence-electron chi connectivity index (χ4n) is 1.50. The summed E-state index contributed by atoms with van der Waals surface area (Å²) in [7, 11) is 0. The Hall–Kier alpha value is -1.24. The zero-order valence-corrected chi connectivity index (χ0v) is 10.8. The predicted octanol–water partition coefficient (Wildman–Crippen LogP) is 4.36. The molecule has 0 aromatic rings. The van der Waals surface area contributed by atoms with Gasteiger partial charge in [0, 0.05) is 12.2 Å². The fourth-order valence-corrected chi connectivity index (χ4v) is 1.50. The highest BCUT2D eigenvalue weighted by atomic mass is 14.9. The van der Waals surface area contributed by atoms with E-state index in [2.05, 4.69) is 37.6 Å². The van der Waals surface area contributed by atoms with Gasteiger partial charge in [-0.2, -0.15) is 0 Å². The molecule has 0 aliphatic heterocycles. The Balaban J connectivity index is 3.98. The summed E-state index contributed by atoms with van der Waals surface area (Å²) in [6.45, 7) is 12.7. The van der Waals surface area contributed by atoms with E-state index in [9.17, 15) is 0 Å². The molecule has 0 spiro atoms. The molecular weight excluding hydrogens is 194 g/mol. The van der Waals surface area contributed by atoms with Crippen molar-refractivity contribution in [1.29, 1.82) is 0 Å². The van der Waals surface area contributed by atoms with Crippen molar-refractivity contribution in [2.24, 2.45) is 0 Å². The average molecular weight is 219 g/mol. The quantitative estimate of drug-likeness (QED) is 0.449. The molecule has 0 heterocycles. The van der Waals surface area contributed by atoms with Crippen LogP contribution in [0.15, 0.2) is 48.7 Å². The number of rotatable bonds is 9. The third-order valence-electron chi connectivity index (χ3n) is 2.26. The SMILES string of the molecule is C=C/C=C\C/C=C(\CCC)CCNC(=C)C. The van der Waals surface area contributed by atoms with E-state index in [1.807, 2.05) is 19.1 Å². The van der Waals surface area contributed by atoms with E-state index >= 15 is 0 Å². The van der Waals surface area contributed by atoms with Gasteiger partial charge in [-0.3, -0.25) is 0 Å². The average Bonchev–Trinajstić information content (AvgIpc) is 2.23. The highest BCUT2D eigenvalue weighted by Gasteiger charge is 1.95. The number of nitrogens with one attached hydrogen (secondary N) is 1. The van der Waals surface area contributed by atoms with Crippen molar-refractivity contribution in [3.05, 3.63) is 48.7 Å². The maximum atomic E-state index is 3.83. The summed E-state index contributed by atoms with van der Waals surface area (Å²) < 4.78 is 0. The van der Waals surface area contributed by atoms with E-state index in [4.69, 9.17) is 0 Å². The second-order valence-corrected chi connectivity index (χ2v) is 3.97. The number of allylic oxidation sites excluding steroid dienone is 5. The highest BCUT2D eigenvalue weighted by Crippen LogP contribution is 2.10. The van der Waals surface area contributed by atoms with Crippen LogP contribution in [-0.4, -0.2) is 6.54 Å². The lowest BCUT2D eigenvalue weighted by molar-refractivity contribution is 0.744. The summed E-state index contributed by atoms with van der Waals surface area (Å²) in [6, 6.07) is 0. The smallest absolute Gasteiger partial charge is 0.0180 e. The van der Waals surface area contributed by atoms with Crippen molar-refractivity contribution in [3.63, 3.8) is 0 Å². The van der Waals surface area contributed by atoms with E-state index < -0.39 is 0 Å². The molecule has 0 bridgehead atoms. The van der Waals surface area contributed by atoms with Gasteiger partial charge in [0.2, 0.25) is 0 Å². The molecule has 0 fully saturated rings. The second kappa shape index (κ2) is 10.3. The first kappa shape index (κ1) is 14.8. The topological polar surface area (TPSA) is 12.0 Å². The van der Waals surface area contributed by atoms with Crippen LogP contribution < -0.4 is 5.32 Å². The molecule has 0 aromatic heterocycles. The molecule has 0 aliphatic rings. The van der Waals surface area contributed by atoms with Crippen molar-refractivity contribution >= 4 is 0 Å². The van der Waals surface area contributed by atoms with Crippen molar-refractivity contribution in [2.75, 3.05) is 6.54 Å². The van der Waals surface area contributed by atoms with Gasteiger partial charge in [0.1, 0.15) is 0 Å². The Labute approximate surface area is 101 Å². The Morgan fingerprint density at radius 3 is 2.62 bits per heavy atom. The summed E-state index contributed by atoms with van der Waals surface area (Å²) in [6.07, 6.45) is 12.8. The molecule has 0 amide bonds. The molecule has 0 saturated heterocycles. The molecule has 1 heteroatoms. The van der Waals surface area contributed by atoms with Crippen LogP contribution in [0, 0.1) is 0 Å². The molecule has 0 aromatic carbocycles. The van der Waals surface area contributed by atoms with Gasteiger partial charge in [0.05, 0.1) is 0 Å². The first-order chi connectivity index (χ1) is 7.70. The third kappa shape index (κ3) is 9.32. The molecule has 1 N–H and O–H groups in total. The van der Waals surface area contributed by atoms with Crippen LogP contribution in [0.5, 0.6) is 0 Å². The molecule has 1 nitrogen and oxygen atoms in total. The fraction of sp³-hybridized carbons (Fsp3) is 0.467. The molecule has 0 unspecified atom stereocenters. The molecule has 0 radical (unpaired) electrons. The monoisotopic (exact) mass is 219 g/mol. The predicted molar refractivity (Wildman–Crippen MR) is 74.4 cm³/mol. The van der Waals surface area contributed by atoms with Gasteiger partial charge in [-0.1, -0.05) is 56.4 Å². The van der Waals surface area contributed by atoms with Crippen LogP contribution >= 0.6 is 0 Å². The largest absolute Gasteiger partial charge is 0.389 e. The zero-order valence-electron chi connectivity index (χ0n) is 10.8. The number of hydrogen-bond acceptors (Lipinski definition) is 1. The molecule has 90 valence electrons. The van der Waals surface area contributed by atoms with Crippen LogP contribution in [0.2, 0.25) is 0 Å². The standard InChI is InChI=1S/C15H25N/c1-5-7-8-9-11-15(10-6-2)12-13-16-14(3)4/h5,7-8,11,16H,1,3,6,9-10,12-13H2,2,4H3/b8-7-,15-11+. The van der Waals surface area contributed by atoms with E-state index in [1.165, 1.54) is 18.4 Å². The van der Waals surface area contributed by atoms with Crippen LogP contribution in [0.4, 0.5) is 0 Å². The van der Waals surface area contributed by atoms with Gasteiger partial charge in [-0.15, -0.1) is 0 Å². The Kier molecular flexibility index (Phi) is 9.49. The van der Waals surface area contributed by atoms with E-state index in [1.54, 1.807) is 0 Å². The maximum Gasteiger partial charge on any atom is 0.0180 e. The minimum atomic E-state index is 0.992. The molecule has 0 atom stereocenters. The summed E-state index contributed by atoms with van der Waals surface area (Å²) >= 11 is 0. The summed E-state index contributed by atoms with van der Waals surface area (Å²) in [5, 5.41) is 3.27. The molecular formula is C15H25N. The Bertz CT molecular complexity index is 259. The lowest BCUT2D eigenvalue weighted by Gasteiger charge is -2.08. The zero-order chi connectivity index (χ0) is 12.2. The lowest BCUT2D eigenvalue weighted by atomic mass is 10.1. The lowest BCUT2D eigenvalue weighted by Crippen LogP contribution is -2.12. The minimum Gasteiger partial charge on any atom is -0.389 e. The van der Waals surface area contributed by atoms with E-state index in [0.29, 0.717) is 0 Å². The molecule has 16 heavy (non-hydrogen) atoms. The normalized spacial score (nSPS) is 11.8. The first-order valence-corrected chi connectivity index (χ1v) is 6.05. The molecule has 0 aliphatic carbocycles. The van der Waals surface area contributed by atoms with Crippen LogP contribution in [0.25, 0.3) is 0 Å². The molecule has 0 rings (SSSR count). The van der Waals surface area contributed by atoms with Gasteiger partial charge in [0.25, 0.3) is 0 Å². The third-order valence-corrected chi connectivity index (χ3v) is 2.26. The summed E-state index contributed by atoms with van der Waals surface area (Å²) in [4.78, 5) is 0. The minimum absolute atomic E-state index is 0.992. The van der Waals surface area contributed by atoms with Crippen molar-refractivity contribution in [3.8, 4) is 0 Å².